The van der Waals surface area contributed by atoms with Crippen molar-refractivity contribution < 1.29 is 9.84 Å². The lowest BCUT2D eigenvalue weighted by Crippen LogP contribution is -2.23. The van der Waals surface area contributed by atoms with Gasteiger partial charge in [0.1, 0.15) is 24.3 Å². The zero-order chi connectivity index (χ0) is 16.1. The molecule has 2 aromatic heterocycles. The number of imidazole rings is 1. The third-order valence-electron chi connectivity index (χ3n) is 3.59. The van der Waals surface area contributed by atoms with E-state index in [2.05, 4.69) is 9.97 Å². The van der Waals surface area contributed by atoms with Gasteiger partial charge in [-0.1, -0.05) is 18.2 Å². The fourth-order valence-corrected chi connectivity index (χ4v) is 2.40. The van der Waals surface area contributed by atoms with E-state index in [1.807, 2.05) is 54.1 Å². The Morgan fingerprint density at radius 2 is 1.91 bits per heavy atom. The van der Waals surface area contributed by atoms with Crippen molar-refractivity contribution >= 4 is 0 Å². The van der Waals surface area contributed by atoms with Crippen LogP contribution >= 0.6 is 0 Å². The molecule has 2 heterocycles. The van der Waals surface area contributed by atoms with E-state index < -0.39 is 6.10 Å². The van der Waals surface area contributed by atoms with Gasteiger partial charge in [-0.15, -0.1) is 0 Å². The first kappa shape index (κ1) is 15.2. The Labute approximate surface area is 135 Å². The van der Waals surface area contributed by atoms with Crippen LogP contribution in [0.25, 0.3) is 11.4 Å². The van der Waals surface area contributed by atoms with Crippen molar-refractivity contribution in [1.82, 2.24) is 14.5 Å². The zero-order valence-corrected chi connectivity index (χ0v) is 13.0. The number of hydrogen-bond donors (Lipinski definition) is 1. The van der Waals surface area contributed by atoms with Crippen molar-refractivity contribution in [1.29, 1.82) is 0 Å². The minimum absolute atomic E-state index is 0.235. The number of para-hydroxylation sites is 1. The lowest BCUT2D eigenvalue weighted by molar-refractivity contribution is 0.0925. The molecule has 1 aromatic carbocycles. The Bertz CT molecular complexity index is 756. The van der Waals surface area contributed by atoms with Gasteiger partial charge in [0.2, 0.25) is 0 Å². The minimum atomic E-state index is -0.621. The molecule has 0 aliphatic rings. The lowest BCUT2D eigenvalue weighted by atomic mass is 10.2. The Balaban J connectivity index is 1.64. The van der Waals surface area contributed by atoms with Crippen molar-refractivity contribution in [2.24, 2.45) is 0 Å². The van der Waals surface area contributed by atoms with E-state index in [0.29, 0.717) is 6.54 Å². The molecular formula is C18H19N3O2. The van der Waals surface area contributed by atoms with E-state index >= 15 is 0 Å². The molecule has 0 saturated carbocycles. The van der Waals surface area contributed by atoms with Gasteiger partial charge in [0, 0.05) is 30.4 Å². The van der Waals surface area contributed by atoms with Gasteiger partial charge < -0.3 is 14.4 Å². The van der Waals surface area contributed by atoms with Crippen LogP contribution in [0.4, 0.5) is 0 Å². The molecule has 3 rings (SSSR count). The molecule has 1 unspecified atom stereocenters. The van der Waals surface area contributed by atoms with Crippen molar-refractivity contribution in [3.8, 4) is 17.1 Å². The SMILES string of the molecule is Cc1ccccc1OCC(O)Cn1ccnc1-c1ccncc1. The lowest BCUT2D eigenvalue weighted by Gasteiger charge is -2.15. The Hall–Kier alpha value is -2.66. The molecule has 0 fully saturated rings. The van der Waals surface area contributed by atoms with Gasteiger partial charge in [0.25, 0.3) is 0 Å². The highest BCUT2D eigenvalue weighted by molar-refractivity contribution is 5.54. The molecule has 0 spiro atoms. The Morgan fingerprint density at radius 3 is 2.70 bits per heavy atom. The van der Waals surface area contributed by atoms with Crippen molar-refractivity contribution in [3.63, 3.8) is 0 Å². The van der Waals surface area contributed by atoms with Gasteiger partial charge in [-0.2, -0.15) is 0 Å². The number of ether oxygens (including phenoxy) is 1. The smallest absolute Gasteiger partial charge is 0.140 e. The van der Waals surface area contributed by atoms with Crippen LogP contribution in [-0.2, 0) is 6.54 Å². The summed E-state index contributed by atoms with van der Waals surface area (Å²) in [6, 6.07) is 11.6. The number of nitrogens with zero attached hydrogens (tertiary/aromatic N) is 3. The van der Waals surface area contributed by atoms with Gasteiger partial charge in [-0.25, -0.2) is 4.98 Å². The number of aryl methyl sites for hydroxylation is 1. The molecule has 0 saturated heterocycles. The van der Waals surface area contributed by atoms with E-state index in [0.717, 1.165) is 22.7 Å². The van der Waals surface area contributed by atoms with Crippen LogP contribution in [0.15, 0.2) is 61.2 Å². The molecule has 5 nitrogen and oxygen atoms in total. The van der Waals surface area contributed by atoms with Crippen molar-refractivity contribution in [2.45, 2.75) is 19.6 Å². The van der Waals surface area contributed by atoms with Crippen LogP contribution in [0.1, 0.15) is 5.56 Å². The number of rotatable bonds is 6. The fraction of sp³-hybridized carbons (Fsp3) is 0.222. The summed E-state index contributed by atoms with van der Waals surface area (Å²) in [6.07, 6.45) is 6.42. The van der Waals surface area contributed by atoms with Crippen LogP contribution in [0, 0.1) is 6.92 Å². The molecule has 0 amide bonds. The van der Waals surface area contributed by atoms with Gasteiger partial charge >= 0.3 is 0 Å². The summed E-state index contributed by atoms with van der Waals surface area (Å²) in [5.41, 5.74) is 2.02. The Kier molecular flexibility index (Phi) is 4.68. The van der Waals surface area contributed by atoms with Gasteiger partial charge in [0.05, 0.1) is 6.54 Å². The fourth-order valence-electron chi connectivity index (χ4n) is 2.40. The van der Waals surface area contributed by atoms with E-state index in [1.165, 1.54) is 0 Å². The molecule has 0 bridgehead atoms. The largest absolute Gasteiger partial charge is 0.491 e. The maximum Gasteiger partial charge on any atom is 0.140 e. The molecule has 0 radical (unpaired) electrons. The minimum Gasteiger partial charge on any atom is -0.491 e. The molecule has 1 atom stereocenters. The normalized spacial score (nSPS) is 12.1. The number of pyridine rings is 1. The Morgan fingerprint density at radius 1 is 1.13 bits per heavy atom. The molecule has 1 N–H and O–H groups in total. The summed E-state index contributed by atoms with van der Waals surface area (Å²) in [4.78, 5) is 8.37. The van der Waals surface area contributed by atoms with Crippen molar-refractivity contribution in [2.75, 3.05) is 6.61 Å². The van der Waals surface area contributed by atoms with E-state index in [9.17, 15) is 5.11 Å². The molecule has 0 aliphatic carbocycles. The summed E-state index contributed by atoms with van der Waals surface area (Å²) in [7, 11) is 0. The number of aliphatic hydroxyl groups excluding tert-OH is 1. The van der Waals surface area contributed by atoms with Crippen LogP contribution in [0.2, 0.25) is 0 Å². The second-order valence-electron chi connectivity index (χ2n) is 5.37. The predicted octanol–water partition coefficient (Wildman–Crippen LogP) is 2.69. The monoisotopic (exact) mass is 309 g/mol. The van der Waals surface area contributed by atoms with Crippen LogP contribution in [0.5, 0.6) is 5.75 Å². The number of aromatic nitrogens is 3. The average molecular weight is 309 g/mol. The zero-order valence-electron chi connectivity index (χ0n) is 13.0. The topological polar surface area (TPSA) is 60.2 Å². The van der Waals surface area contributed by atoms with E-state index in [-0.39, 0.29) is 6.61 Å². The third-order valence-corrected chi connectivity index (χ3v) is 3.59. The first-order chi connectivity index (χ1) is 11.2. The molecule has 3 aromatic rings. The predicted molar refractivity (Wildman–Crippen MR) is 88.1 cm³/mol. The number of aliphatic hydroxyl groups is 1. The highest BCUT2D eigenvalue weighted by Crippen LogP contribution is 2.18. The van der Waals surface area contributed by atoms with Gasteiger partial charge in [-0.05, 0) is 30.7 Å². The van der Waals surface area contributed by atoms with Gasteiger partial charge in [0.15, 0.2) is 0 Å². The molecule has 118 valence electrons. The average Bonchev–Trinajstić information content (AvgIpc) is 3.03. The molecule has 23 heavy (non-hydrogen) atoms. The third kappa shape index (κ3) is 3.76. The highest BCUT2D eigenvalue weighted by atomic mass is 16.5. The summed E-state index contributed by atoms with van der Waals surface area (Å²) < 4.78 is 7.62. The summed E-state index contributed by atoms with van der Waals surface area (Å²) in [5.74, 6) is 1.61. The molecule has 0 aliphatic heterocycles. The maximum absolute atomic E-state index is 10.3. The van der Waals surface area contributed by atoms with Crippen LogP contribution in [0.3, 0.4) is 0 Å². The first-order valence-corrected chi connectivity index (χ1v) is 7.52. The highest BCUT2D eigenvalue weighted by Gasteiger charge is 2.11. The van der Waals surface area contributed by atoms with Gasteiger partial charge in [-0.3, -0.25) is 4.98 Å². The summed E-state index contributed by atoms with van der Waals surface area (Å²) in [5, 5.41) is 10.3. The molecular weight excluding hydrogens is 290 g/mol. The summed E-state index contributed by atoms with van der Waals surface area (Å²) >= 11 is 0. The second kappa shape index (κ2) is 7.07. The quantitative estimate of drug-likeness (QED) is 0.760. The first-order valence-electron chi connectivity index (χ1n) is 7.52. The number of hydrogen-bond acceptors (Lipinski definition) is 4. The summed E-state index contributed by atoms with van der Waals surface area (Å²) in [6.45, 7) is 2.64. The van der Waals surface area contributed by atoms with Crippen molar-refractivity contribution in [3.05, 3.63) is 66.7 Å². The van der Waals surface area contributed by atoms with E-state index in [4.69, 9.17) is 4.74 Å². The number of benzene rings is 1. The van der Waals surface area contributed by atoms with Crippen LogP contribution in [-0.4, -0.2) is 32.4 Å². The maximum atomic E-state index is 10.3. The van der Waals surface area contributed by atoms with E-state index in [1.54, 1.807) is 18.6 Å². The van der Waals surface area contributed by atoms with Crippen LogP contribution < -0.4 is 4.74 Å². The standard InChI is InChI=1S/C18H19N3O2/c1-14-4-2-3-5-17(14)23-13-16(22)12-21-11-10-20-18(21)15-6-8-19-9-7-15/h2-11,16,22H,12-13H2,1H3. The second-order valence-corrected chi connectivity index (χ2v) is 5.37. The molecule has 5 heteroatoms.